The van der Waals surface area contributed by atoms with Crippen LogP contribution in [0.4, 0.5) is 0 Å². The fourth-order valence-corrected chi connectivity index (χ4v) is 9.01. The van der Waals surface area contributed by atoms with Crippen LogP contribution in [-0.4, -0.2) is 14.5 Å². The third-order valence-corrected chi connectivity index (χ3v) is 11.3. The summed E-state index contributed by atoms with van der Waals surface area (Å²) < 4.78 is 2.39. The van der Waals surface area contributed by atoms with E-state index in [-0.39, 0.29) is 0 Å². The summed E-state index contributed by atoms with van der Waals surface area (Å²) >= 11 is 0. The summed E-state index contributed by atoms with van der Waals surface area (Å²) in [6, 6.07) is 42.3. The van der Waals surface area contributed by atoms with Gasteiger partial charge in [-0.2, -0.15) is 0 Å². The maximum atomic E-state index is 4.96. The quantitative estimate of drug-likeness (QED) is 0.205. The molecule has 0 radical (unpaired) electrons. The van der Waals surface area contributed by atoms with Crippen molar-refractivity contribution >= 4 is 49.2 Å². The summed E-state index contributed by atoms with van der Waals surface area (Å²) in [6.07, 6.45) is 18.2. The largest absolute Gasteiger partial charge is 0.353 e. The predicted octanol–water partition coefficient (Wildman–Crippen LogP) is 12.1. The summed E-state index contributed by atoms with van der Waals surface area (Å²) in [4.78, 5) is 8.72. The number of nitrogens with one attached hydrogen (secondary N) is 1. The summed E-state index contributed by atoms with van der Waals surface area (Å²) in [5.74, 6) is 0.839. The molecule has 11 rings (SSSR count). The number of aromatic nitrogens is 3. The van der Waals surface area contributed by atoms with Crippen molar-refractivity contribution in [3.8, 4) is 28.1 Å². The zero-order chi connectivity index (χ0) is 32.8. The summed E-state index contributed by atoms with van der Waals surface area (Å²) in [5.41, 5.74) is 16.1. The number of pyridine rings is 1. The normalized spacial score (nSPS) is 17.9. The van der Waals surface area contributed by atoms with E-state index in [1.54, 1.807) is 5.57 Å². The Morgan fingerprint density at radius 1 is 0.640 bits per heavy atom. The highest BCUT2D eigenvalue weighted by Gasteiger charge is 2.33. The number of benzene rings is 5. The van der Waals surface area contributed by atoms with Gasteiger partial charge in [0.25, 0.3) is 0 Å². The summed E-state index contributed by atoms with van der Waals surface area (Å²) in [5, 5.41) is 4.92. The van der Waals surface area contributed by atoms with Gasteiger partial charge in [0.1, 0.15) is 0 Å². The number of hydrogen-bond acceptors (Lipinski definition) is 1. The predicted molar refractivity (Wildman–Crippen MR) is 209 cm³/mol. The van der Waals surface area contributed by atoms with E-state index in [9.17, 15) is 0 Å². The van der Waals surface area contributed by atoms with Crippen LogP contribution in [0, 0.1) is 5.92 Å². The Morgan fingerprint density at radius 3 is 2.28 bits per heavy atom. The van der Waals surface area contributed by atoms with Gasteiger partial charge in [0.05, 0.1) is 22.2 Å². The van der Waals surface area contributed by atoms with Crippen LogP contribution >= 0.6 is 0 Å². The molecule has 5 aromatic carbocycles. The maximum absolute atomic E-state index is 4.96. The van der Waals surface area contributed by atoms with Gasteiger partial charge < -0.3 is 9.55 Å². The van der Waals surface area contributed by atoms with Gasteiger partial charge >= 0.3 is 0 Å². The van der Waals surface area contributed by atoms with Crippen molar-refractivity contribution in [2.45, 2.75) is 18.8 Å². The zero-order valence-corrected chi connectivity index (χ0v) is 27.5. The van der Waals surface area contributed by atoms with Crippen molar-refractivity contribution in [3.05, 3.63) is 175 Å². The first kappa shape index (κ1) is 27.7. The Bertz CT molecular complexity index is 2780. The van der Waals surface area contributed by atoms with E-state index < -0.39 is 0 Å². The van der Waals surface area contributed by atoms with Gasteiger partial charge in [-0.1, -0.05) is 109 Å². The molecule has 0 saturated heterocycles. The molecular formula is C47H33N3. The number of allylic oxidation sites excluding steroid dienone is 8. The number of nitrogens with zero attached hydrogens (tertiary/aromatic N) is 2. The van der Waals surface area contributed by atoms with Gasteiger partial charge in [-0.3, -0.25) is 4.98 Å². The molecule has 0 saturated carbocycles. The molecule has 0 amide bonds. The maximum Gasteiger partial charge on any atom is 0.0943 e. The molecule has 3 heteroatoms. The average molecular weight is 640 g/mol. The van der Waals surface area contributed by atoms with Crippen molar-refractivity contribution in [2.24, 2.45) is 5.92 Å². The van der Waals surface area contributed by atoms with Crippen LogP contribution in [0.15, 0.2) is 163 Å². The Morgan fingerprint density at radius 2 is 1.42 bits per heavy atom. The van der Waals surface area contributed by atoms with Gasteiger partial charge in [-0.05, 0) is 89.2 Å². The molecule has 0 aliphatic heterocycles. The Labute approximate surface area is 290 Å². The fraction of sp³-hybridized carbons (Fsp3) is 0.0851. The first-order valence-electron chi connectivity index (χ1n) is 17.7. The minimum Gasteiger partial charge on any atom is -0.353 e. The van der Waals surface area contributed by atoms with Crippen molar-refractivity contribution in [2.75, 3.05) is 0 Å². The second kappa shape index (κ2) is 10.7. The van der Waals surface area contributed by atoms with Gasteiger partial charge in [-0.15, -0.1) is 0 Å². The molecule has 3 aliphatic rings. The number of para-hydroxylation sites is 2. The highest BCUT2D eigenvalue weighted by Crippen LogP contribution is 2.49. The molecule has 0 spiro atoms. The van der Waals surface area contributed by atoms with E-state index in [1.165, 1.54) is 60.4 Å². The number of aromatic amines is 1. The first-order valence-corrected chi connectivity index (χ1v) is 17.7. The van der Waals surface area contributed by atoms with Crippen LogP contribution in [0.2, 0.25) is 0 Å². The Hall–Kier alpha value is -6.19. The molecule has 0 bridgehead atoms. The third-order valence-electron chi connectivity index (χ3n) is 11.3. The number of hydrogen-bond donors (Lipinski definition) is 1. The highest BCUT2D eigenvalue weighted by molar-refractivity contribution is 6.13. The zero-order valence-electron chi connectivity index (χ0n) is 27.5. The number of fused-ring (bicyclic) bond motifs is 11. The van der Waals surface area contributed by atoms with Crippen LogP contribution in [0.25, 0.3) is 77.3 Å². The van der Waals surface area contributed by atoms with Crippen LogP contribution in [0.3, 0.4) is 0 Å². The molecule has 3 heterocycles. The lowest BCUT2D eigenvalue weighted by Gasteiger charge is -2.36. The number of H-pyrrole nitrogens is 1. The summed E-state index contributed by atoms with van der Waals surface area (Å²) in [6.45, 7) is 0. The van der Waals surface area contributed by atoms with Gasteiger partial charge in [0, 0.05) is 56.3 Å². The van der Waals surface area contributed by atoms with E-state index in [0.717, 1.165) is 40.8 Å². The van der Waals surface area contributed by atoms with Crippen molar-refractivity contribution < 1.29 is 0 Å². The van der Waals surface area contributed by atoms with Crippen LogP contribution in [0.5, 0.6) is 0 Å². The van der Waals surface area contributed by atoms with Crippen LogP contribution in [0.1, 0.15) is 29.9 Å². The SMILES string of the molecule is C1=CC2C3=C(C=CCC3)c3ccc(-c4cccc(-c5nccc6c5[nH]c5ccc(-n7c8ccccc8c8ccccc87)cc56)c4)cc3C2C=C1. The minimum absolute atomic E-state index is 0.387. The molecule has 8 aromatic rings. The van der Waals surface area contributed by atoms with E-state index in [2.05, 4.69) is 161 Å². The van der Waals surface area contributed by atoms with Crippen molar-refractivity contribution in [3.63, 3.8) is 0 Å². The first-order chi connectivity index (χ1) is 24.8. The highest BCUT2D eigenvalue weighted by atomic mass is 15.0. The van der Waals surface area contributed by atoms with Crippen molar-refractivity contribution in [1.29, 1.82) is 0 Å². The second-order valence-electron chi connectivity index (χ2n) is 13.9. The molecule has 1 N–H and O–H groups in total. The lowest BCUT2D eigenvalue weighted by atomic mass is 9.67. The monoisotopic (exact) mass is 639 g/mol. The molecule has 0 fully saturated rings. The second-order valence-corrected chi connectivity index (χ2v) is 13.9. The lowest BCUT2D eigenvalue weighted by Crippen LogP contribution is -2.21. The smallest absolute Gasteiger partial charge is 0.0943 e. The molecule has 50 heavy (non-hydrogen) atoms. The number of rotatable bonds is 3. The molecule has 2 unspecified atom stereocenters. The molecular weight excluding hydrogens is 607 g/mol. The van der Waals surface area contributed by atoms with E-state index in [0.29, 0.717) is 11.8 Å². The molecule has 3 aliphatic carbocycles. The topological polar surface area (TPSA) is 33.6 Å². The molecule has 2 atom stereocenters. The van der Waals surface area contributed by atoms with Crippen LogP contribution in [-0.2, 0) is 0 Å². The molecule has 3 nitrogen and oxygen atoms in total. The standard InChI is InChI=1S/C47H33N3/c1-2-14-35-33(12-1)34-13-3-4-15-36(34)41-27-30(20-22-37(35)41)29-10-9-11-31(26-29)46-47-40(24-25-48-46)42-28-32(21-23-43(42)49-47)50-44-18-7-5-16-38(44)39-17-6-8-19-45(39)50/h2-11,13-28,34,36,49H,1,12H2. The molecule has 236 valence electrons. The van der Waals surface area contributed by atoms with E-state index in [4.69, 9.17) is 4.98 Å². The average Bonchev–Trinajstić information content (AvgIpc) is 3.73. The minimum atomic E-state index is 0.387. The van der Waals surface area contributed by atoms with Gasteiger partial charge in [-0.25, -0.2) is 0 Å². The van der Waals surface area contributed by atoms with Gasteiger partial charge in [0.15, 0.2) is 0 Å². The third kappa shape index (κ3) is 4.01. The lowest BCUT2D eigenvalue weighted by molar-refractivity contribution is 0.621. The van der Waals surface area contributed by atoms with Crippen LogP contribution < -0.4 is 0 Å². The van der Waals surface area contributed by atoms with Crippen molar-refractivity contribution in [1.82, 2.24) is 14.5 Å². The Balaban J connectivity index is 1.02. The van der Waals surface area contributed by atoms with Gasteiger partial charge in [0.2, 0.25) is 0 Å². The van der Waals surface area contributed by atoms with E-state index >= 15 is 0 Å². The Kier molecular flexibility index (Phi) is 5.91. The molecule has 3 aromatic heterocycles. The van der Waals surface area contributed by atoms with E-state index in [1.807, 2.05) is 6.20 Å². The fourth-order valence-electron chi connectivity index (χ4n) is 9.01. The summed E-state index contributed by atoms with van der Waals surface area (Å²) in [7, 11) is 0.